The van der Waals surface area contributed by atoms with E-state index in [9.17, 15) is 4.79 Å². The van der Waals surface area contributed by atoms with E-state index in [1.807, 2.05) is 18.7 Å². The molecule has 1 aliphatic rings. The third kappa shape index (κ3) is 5.35. The molecule has 1 saturated heterocycles. The lowest BCUT2D eigenvalue weighted by Crippen LogP contribution is -2.44. The summed E-state index contributed by atoms with van der Waals surface area (Å²) >= 11 is 0. The standard InChI is InChI=1S/C12H24N4O2/c1-10(2)11(17)14-4-3-5-15-12(13)16-6-8-18-9-7-16/h10H,3-9H2,1-2H3,(H2,13,15)(H,14,17). The molecule has 0 atom stereocenters. The number of guanidine groups is 1. The number of aliphatic imine (C=N–C) groups is 1. The highest BCUT2D eigenvalue weighted by atomic mass is 16.5. The minimum Gasteiger partial charge on any atom is -0.378 e. The van der Waals surface area contributed by atoms with Gasteiger partial charge in [0.15, 0.2) is 5.96 Å². The normalized spacial score (nSPS) is 17.1. The molecule has 6 nitrogen and oxygen atoms in total. The maximum atomic E-state index is 11.3. The molecule has 1 amide bonds. The van der Waals surface area contributed by atoms with Crippen LogP contribution in [0.2, 0.25) is 0 Å². The maximum absolute atomic E-state index is 11.3. The van der Waals surface area contributed by atoms with Gasteiger partial charge in [-0.1, -0.05) is 13.8 Å². The molecule has 0 aromatic heterocycles. The van der Waals surface area contributed by atoms with Crippen molar-refractivity contribution in [2.75, 3.05) is 39.4 Å². The number of hydrogen-bond acceptors (Lipinski definition) is 3. The van der Waals surface area contributed by atoms with Gasteiger partial charge in [-0.05, 0) is 6.42 Å². The van der Waals surface area contributed by atoms with Crippen molar-refractivity contribution in [3.05, 3.63) is 0 Å². The molecule has 6 heteroatoms. The maximum Gasteiger partial charge on any atom is 0.222 e. The zero-order valence-electron chi connectivity index (χ0n) is 11.3. The lowest BCUT2D eigenvalue weighted by atomic mass is 10.2. The highest BCUT2D eigenvalue weighted by Gasteiger charge is 2.11. The van der Waals surface area contributed by atoms with E-state index < -0.39 is 0 Å². The third-order valence-corrected chi connectivity index (χ3v) is 2.77. The first kappa shape index (κ1) is 14.8. The fourth-order valence-electron chi connectivity index (χ4n) is 1.58. The van der Waals surface area contributed by atoms with Crippen LogP contribution in [0.5, 0.6) is 0 Å². The van der Waals surface area contributed by atoms with Crippen molar-refractivity contribution < 1.29 is 9.53 Å². The van der Waals surface area contributed by atoms with Crippen molar-refractivity contribution in [3.63, 3.8) is 0 Å². The summed E-state index contributed by atoms with van der Waals surface area (Å²) in [5.74, 6) is 0.695. The van der Waals surface area contributed by atoms with Gasteiger partial charge in [0.1, 0.15) is 0 Å². The van der Waals surface area contributed by atoms with E-state index >= 15 is 0 Å². The lowest BCUT2D eigenvalue weighted by molar-refractivity contribution is -0.123. The highest BCUT2D eigenvalue weighted by Crippen LogP contribution is 1.96. The minimum absolute atomic E-state index is 0.0342. The Bertz CT molecular complexity index is 286. The van der Waals surface area contributed by atoms with Crippen molar-refractivity contribution in [2.45, 2.75) is 20.3 Å². The number of rotatable bonds is 5. The molecule has 1 heterocycles. The second-order valence-electron chi connectivity index (χ2n) is 4.64. The number of carbonyl (C=O) groups is 1. The molecule has 0 saturated carbocycles. The van der Waals surface area contributed by atoms with Gasteiger partial charge in [0.05, 0.1) is 13.2 Å². The van der Waals surface area contributed by atoms with Gasteiger partial charge in [-0.3, -0.25) is 9.79 Å². The van der Waals surface area contributed by atoms with Gasteiger partial charge in [-0.15, -0.1) is 0 Å². The van der Waals surface area contributed by atoms with Gasteiger partial charge < -0.3 is 20.7 Å². The van der Waals surface area contributed by atoms with Crippen molar-refractivity contribution in [1.82, 2.24) is 10.2 Å². The number of nitrogens with one attached hydrogen (secondary N) is 1. The predicted octanol–water partition coefficient (Wildman–Crippen LogP) is -0.204. The van der Waals surface area contributed by atoms with Crippen LogP contribution in [-0.4, -0.2) is 56.2 Å². The van der Waals surface area contributed by atoms with Crippen LogP contribution >= 0.6 is 0 Å². The molecular formula is C12H24N4O2. The van der Waals surface area contributed by atoms with Gasteiger partial charge in [-0.25, -0.2) is 0 Å². The molecule has 0 aromatic carbocycles. The number of nitrogens with two attached hydrogens (primary N) is 1. The van der Waals surface area contributed by atoms with Gasteiger partial charge in [0.25, 0.3) is 0 Å². The monoisotopic (exact) mass is 256 g/mol. The fourth-order valence-corrected chi connectivity index (χ4v) is 1.58. The number of carbonyl (C=O) groups excluding carboxylic acids is 1. The Balaban J connectivity index is 2.13. The first-order valence-corrected chi connectivity index (χ1v) is 6.51. The second-order valence-corrected chi connectivity index (χ2v) is 4.64. The van der Waals surface area contributed by atoms with Crippen LogP contribution in [0.25, 0.3) is 0 Å². The SMILES string of the molecule is CC(C)C(=O)NCCCN=C(N)N1CCOCC1. The summed E-state index contributed by atoms with van der Waals surface area (Å²) in [6, 6.07) is 0. The van der Waals surface area contributed by atoms with Gasteiger partial charge >= 0.3 is 0 Å². The number of hydrogen-bond donors (Lipinski definition) is 2. The largest absolute Gasteiger partial charge is 0.378 e. The summed E-state index contributed by atoms with van der Waals surface area (Å²) < 4.78 is 5.24. The molecule has 0 unspecified atom stereocenters. The molecule has 1 aliphatic heterocycles. The Morgan fingerprint density at radius 2 is 2.11 bits per heavy atom. The van der Waals surface area contributed by atoms with E-state index in [-0.39, 0.29) is 11.8 Å². The average Bonchev–Trinajstić information content (AvgIpc) is 2.38. The van der Waals surface area contributed by atoms with E-state index in [0.29, 0.717) is 32.3 Å². The Labute approximate surface area is 109 Å². The van der Waals surface area contributed by atoms with E-state index in [1.54, 1.807) is 0 Å². The fraction of sp³-hybridized carbons (Fsp3) is 0.833. The van der Waals surface area contributed by atoms with Crippen LogP contribution in [0, 0.1) is 5.92 Å². The summed E-state index contributed by atoms with van der Waals surface area (Å²) in [6.07, 6.45) is 0.809. The molecule has 0 aliphatic carbocycles. The van der Waals surface area contributed by atoms with Crippen LogP contribution in [0.15, 0.2) is 4.99 Å². The minimum atomic E-state index is 0.0342. The molecule has 18 heavy (non-hydrogen) atoms. The topological polar surface area (TPSA) is 80.0 Å². The summed E-state index contributed by atoms with van der Waals surface area (Å²) in [7, 11) is 0. The highest BCUT2D eigenvalue weighted by molar-refractivity contribution is 5.78. The van der Waals surface area contributed by atoms with E-state index in [0.717, 1.165) is 19.5 Å². The molecule has 104 valence electrons. The van der Waals surface area contributed by atoms with Crippen molar-refractivity contribution >= 4 is 11.9 Å². The Morgan fingerprint density at radius 3 is 2.72 bits per heavy atom. The molecular weight excluding hydrogens is 232 g/mol. The predicted molar refractivity (Wildman–Crippen MR) is 71.3 cm³/mol. The van der Waals surface area contributed by atoms with Crippen molar-refractivity contribution in [3.8, 4) is 0 Å². The average molecular weight is 256 g/mol. The van der Waals surface area contributed by atoms with Crippen LogP contribution < -0.4 is 11.1 Å². The summed E-state index contributed by atoms with van der Waals surface area (Å²) in [6.45, 7) is 8.08. The zero-order chi connectivity index (χ0) is 13.4. The van der Waals surface area contributed by atoms with E-state index in [1.165, 1.54) is 0 Å². The van der Waals surface area contributed by atoms with Gasteiger partial charge in [-0.2, -0.15) is 0 Å². The van der Waals surface area contributed by atoms with Crippen LogP contribution in [0.1, 0.15) is 20.3 Å². The number of nitrogens with zero attached hydrogens (tertiary/aromatic N) is 2. The van der Waals surface area contributed by atoms with Crippen molar-refractivity contribution in [1.29, 1.82) is 0 Å². The Morgan fingerprint density at radius 1 is 1.44 bits per heavy atom. The smallest absolute Gasteiger partial charge is 0.222 e. The number of amides is 1. The molecule has 3 N–H and O–H groups in total. The first-order chi connectivity index (χ1) is 8.61. The lowest BCUT2D eigenvalue weighted by Gasteiger charge is -2.27. The molecule has 0 spiro atoms. The quantitative estimate of drug-likeness (QED) is 0.405. The Kier molecular flexibility index (Phi) is 6.49. The number of morpholine rings is 1. The third-order valence-electron chi connectivity index (χ3n) is 2.77. The summed E-state index contributed by atoms with van der Waals surface area (Å²) in [4.78, 5) is 17.6. The number of ether oxygens (including phenoxy) is 1. The summed E-state index contributed by atoms with van der Waals surface area (Å²) in [5, 5.41) is 2.85. The molecule has 1 fully saturated rings. The zero-order valence-corrected chi connectivity index (χ0v) is 11.3. The van der Waals surface area contributed by atoms with Crippen LogP contribution in [0.3, 0.4) is 0 Å². The van der Waals surface area contributed by atoms with Gasteiger partial charge in [0, 0.05) is 32.1 Å². The van der Waals surface area contributed by atoms with E-state index in [4.69, 9.17) is 10.5 Å². The summed E-state index contributed by atoms with van der Waals surface area (Å²) in [5.41, 5.74) is 5.87. The molecule has 0 aromatic rings. The van der Waals surface area contributed by atoms with Crippen LogP contribution in [-0.2, 0) is 9.53 Å². The van der Waals surface area contributed by atoms with E-state index in [2.05, 4.69) is 10.3 Å². The van der Waals surface area contributed by atoms with Crippen LogP contribution in [0.4, 0.5) is 0 Å². The molecule has 0 radical (unpaired) electrons. The Hall–Kier alpha value is -1.30. The molecule has 0 bridgehead atoms. The second kappa shape index (κ2) is 7.92. The molecule has 1 rings (SSSR count). The first-order valence-electron chi connectivity index (χ1n) is 6.51. The van der Waals surface area contributed by atoms with Crippen molar-refractivity contribution in [2.24, 2.45) is 16.6 Å². The van der Waals surface area contributed by atoms with Gasteiger partial charge in [0.2, 0.25) is 5.91 Å².